The number of aromatic hydroxyl groups is 1. The van der Waals surface area contributed by atoms with E-state index in [1.807, 2.05) is 0 Å². The maximum absolute atomic E-state index is 11.0. The van der Waals surface area contributed by atoms with E-state index in [1.54, 1.807) is 0 Å². The van der Waals surface area contributed by atoms with E-state index in [2.05, 4.69) is 0 Å². The van der Waals surface area contributed by atoms with Gasteiger partial charge in [-0.1, -0.05) is 0 Å². The topological polar surface area (TPSA) is 89.3 Å². The Labute approximate surface area is 69.8 Å². The highest BCUT2D eigenvalue weighted by molar-refractivity contribution is 5.98. The van der Waals surface area contributed by atoms with Crippen LogP contribution in [0.3, 0.4) is 0 Å². The highest BCUT2D eigenvalue weighted by atomic mass is 16.3. The molecule has 0 radical (unpaired) electrons. The number of Topliss-reactive ketones (excluding diaryl/α,β-unsaturated/α-hetero) is 1. The highest BCUT2D eigenvalue weighted by Crippen LogP contribution is 2.20. The lowest BCUT2D eigenvalue weighted by Crippen LogP contribution is -2.13. The second-order valence-corrected chi connectivity index (χ2v) is 2.40. The first kappa shape index (κ1) is 8.55. The fraction of sp³-hybridized carbons (Fsp3) is 0.125. The van der Waals surface area contributed by atoms with Crippen molar-refractivity contribution in [2.24, 2.45) is 5.73 Å². The van der Waals surface area contributed by atoms with Crippen molar-refractivity contribution in [3.05, 3.63) is 23.8 Å². The SMILES string of the molecule is NCC(=O)c1ccc(O)c(N)c1. The van der Waals surface area contributed by atoms with Crippen molar-refractivity contribution in [3.8, 4) is 5.75 Å². The molecule has 0 aliphatic rings. The first-order chi connectivity index (χ1) is 5.65. The van der Waals surface area contributed by atoms with Crippen LogP contribution in [-0.4, -0.2) is 17.4 Å². The van der Waals surface area contributed by atoms with Gasteiger partial charge in [0.1, 0.15) is 5.75 Å². The van der Waals surface area contributed by atoms with E-state index in [0.29, 0.717) is 5.56 Å². The lowest BCUT2D eigenvalue weighted by Gasteiger charge is -2.01. The zero-order valence-corrected chi connectivity index (χ0v) is 6.45. The molecule has 1 aromatic carbocycles. The number of benzene rings is 1. The van der Waals surface area contributed by atoms with Crippen molar-refractivity contribution in [1.82, 2.24) is 0 Å². The Hall–Kier alpha value is -1.55. The predicted octanol–water partition coefficient (Wildman–Crippen LogP) is 0.116. The summed E-state index contributed by atoms with van der Waals surface area (Å²) in [6, 6.07) is 4.27. The largest absolute Gasteiger partial charge is 0.506 e. The van der Waals surface area contributed by atoms with Crippen LogP contribution in [0.2, 0.25) is 0 Å². The average Bonchev–Trinajstić information content (AvgIpc) is 2.08. The molecule has 0 aromatic heterocycles. The van der Waals surface area contributed by atoms with Gasteiger partial charge in [-0.05, 0) is 18.2 Å². The molecular weight excluding hydrogens is 156 g/mol. The van der Waals surface area contributed by atoms with E-state index in [9.17, 15) is 4.79 Å². The number of nitrogen functional groups attached to an aromatic ring is 1. The van der Waals surface area contributed by atoms with Crippen LogP contribution < -0.4 is 11.5 Å². The molecule has 1 rings (SSSR count). The summed E-state index contributed by atoms with van der Waals surface area (Å²) >= 11 is 0. The highest BCUT2D eigenvalue weighted by Gasteiger charge is 2.04. The summed E-state index contributed by atoms with van der Waals surface area (Å²) in [4.78, 5) is 11.0. The summed E-state index contributed by atoms with van der Waals surface area (Å²) in [5.41, 5.74) is 11.1. The van der Waals surface area contributed by atoms with Gasteiger partial charge in [0.15, 0.2) is 5.78 Å². The molecule has 1 aromatic rings. The number of phenols is 1. The predicted molar refractivity (Wildman–Crippen MR) is 45.9 cm³/mol. The molecule has 0 heterocycles. The third-order valence-corrected chi connectivity index (χ3v) is 1.53. The molecule has 4 nitrogen and oxygen atoms in total. The van der Waals surface area contributed by atoms with Gasteiger partial charge in [0.2, 0.25) is 0 Å². The molecule has 0 aliphatic heterocycles. The van der Waals surface area contributed by atoms with Crippen molar-refractivity contribution in [2.75, 3.05) is 12.3 Å². The molecule has 0 saturated carbocycles. The zero-order valence-electron chi connectivity index (χ0n) is 6.45. The van der Waals surface area contributed by atoms with Gasteiger partial charge in [0.05, 0.1) is 12.2 Å². The number of hydrogen-bond donors (Lipinski definition) is 3. The third kappa shape index (κ3) is 1.54. The third-order valence-electron chi connectivity index (χ3n) is 1.53. The van der Waals surface area contributed by atoms with Crippen molar-refractivity contribution >= 4 is 11.5 Å². The molecule has 0 unspecified atom stereocenters. The summed E-state index contributed by atoms with van der Waals surface area (Å²) in [7, 11) is 0. The van der Waals surface area contributed by atoms with Gasteiger partial charge in [-0.25, -0.2) is 0 Å². The number of nitrogens with two attached hydrogens (primary N) is 2. The summed E-state index contributed by atoms with van der Waals surface area (Å²) in [6.45, 7) is -0.0514. The monoisotopic (exact) mass is 166 g/mol. The first-order valence-electron chi connectivity index (χ1n) is 3.47. The number of ketones is 1. The number of rotatable bonds is 2. The molecule has 0 bridgehead atoms. The van der Waals surface area contributed by atoms with Crippen LogP contribution in [0.1, 0.15) is 10.4 Å². The Kier molecular flexibility index (Phi) is 2.30. The van der Waals surface area contributed by atoms with Crippen LogP contribution in [0.4, 0.5) is 5.69 Å². The Morgan fingerprint density at radius 3 is 2.67 bits per heavy atom. The lowest BCUT2D eigenvalue weighted by atomic mass is 10.1. The van der Waals surface area contributed by atoms with E-state index < -0.39 is 0 Å². The average molecular weight is 166 g/mol. The van der Waals surface area contributed by atoms with E-state index in [0.717, 1.165) is 0 Å². The van der Waals surface area contributed by atoms with E-state index >= 15 is 0 Å². The van der Waals surface area contributed by atoms with Crippen LogP contribution in [0, 0.1) is 0 Å². The Morgan fingerprint density at radius 1 is 1.50 bits per heavy atom. The molecule has 0 amide bonds. The summed E-state index contributed by atoms with van der Waals surface area (Å²) in [6.07, 6.45) is 0. The second-order valence-electron chi connectivity index (χ2n) is 2.40. The van der Waals surface area contributed by atoms with Gasteiger partial charge in [0, 0.05) is 5.56 Å². The number of anilines is 1. The molecule has 0 aliphatic carbocycles. The van der Waals surface area contributed by atoms with Crippen LogP contribution in [-0.2, 0) is 0 Å². The van der Waals surface area contributed by atoms with Gasteiger partial charge < -0.3 is 16.6 Å². The molecule has 12 heavy (non-hydrogen) atoms. The number of phenolic OH excluding ortho intramolecular Hbond substituents is 1. The van der Waals surface area contributed by atoms with Crippen LogP contribution >= 0.6 is 0 Å². The van der Waals surface area contributed by atoms with Crippen molar-refractivity contribution < 1.29 is 9.90 Å². The molecule has 0 fully saturated rings. The van der Waals surface area contributed by atoms with Gasteiger partial charge in [-0.2, -0.15) is 0 Å². The molecule has 4 heteroatoms. The van der Waals surface area contributed by atoms with Crippen molar-refractivity contribution in [1.29, 1.82) is 0 Å². The quantitative estimate of drug-likeness (QED) is 0.330. The summed E-state index contributed by atoms with van der Waals surface area (Å²) in [5.74, 6) is -0.217. The normalized spacial score (nSPS) is 9.75. The maximum atomic E-state index is 11.0. The maximum Gasteiger partial charge on any atom is 0.176 e. The summed E-state index contributed by atoms with van der Waals surface area (Å²) < 4.78 is 0. The molecule has 0 atom stereocenters. The molecule has 0 spiro atoms. The van der Waals surface area contributed by atoms with E-state index in [1.165, 1.54) is 18.2 Å². The standard InChI is InChI=1S/C8H10N2O2/c9-4-8(12)5-1-2-7(11)6(10)3-5/h1-3,11H,4,9-10H2. The number of carbonyl (C=O) groups is 1. The molecule has 0 saturated heterocycles. The van der Waals surface area contributed by atoms with Crippen molar-refractivity contribution in [3.63, 3.8) is 0 Å². The second kappa shape index (κ2) is 3.23. The minimum atomic E-state index is -0.193. The number of carbonyl (C=O) groups excluding carboxylic acids is 1. The van der Waals surface area contributed by atoms with Crippen LogP contribution in [0.5, 0.6) is 5.75 Å². The fourth-order valence-corrected chi connectivity index (χ4v) is 0.846. The number of hydrogen-bond acceptors (Lipinski definition) is 4. The van der Waals surface area contributed by atoms with Gasteiger partial charge in [-0.3, -0.25) is 4.79 Å². The smallest absolute Gasteiger partial charge is 0.176 e. The first-order valence-corrected chi connectivity index (χ1v) is 3.47. The molecular formula is C8H10N2O2. The minimum Gasteiger partial charge on any atom is -0.506 e. The Balaban J connectivity index is 3.05. The Morgan fingerprint density at radius 2 is 2.17 bits per heavy atom. The molecule has 64 valence electrons. The van der Waals surface area contributed by atoms with Crippen LogP contribution in [0.15, 0.2) is 18.2 Å². The van der Waals surface area contributed by atoms with Gasteiger partial charge in [0.25, 0.3) is 0 Å². The minimum absolute atomic E-state index is 0.0245. The van der Waals surface area contributed by atoms with Crippen molar-refractivity contribution in [2.45, 2.75) is 0 Å². The Bertz CT molecular complexity index is 310. The van der Waals surface area contributed by atoms with E-state index in [4.69, 9.17) is 16.6 Å². The fourth-order valence-electron chi connectivity index (χ4n) is 0.846. The van der Waals surface area contributed by atoms with Crippen LogP contribution in [0.25, 0.3) is 0 Å². The molecule has 5 N–H and O–H groups in total. The van der Waals surface area contributed by atoms with Gasteiger partial charge >= 0.3 is 0 Å². The van der Waals surface area contributed by atoms with E-state index in [-0.39, 0.29) is 23.8 Å². The van der Waals surface area contributed by atoms with Gasteiger partial charge in [-0.15, -0.1) is 0 Å². The lowest BCUT2D eigenvalue weighted by molar-refractivity contribution is 0.100. The zero-order chi connectivity index (χ0) is 9.14. The summed E-state index contributed by atoms with van der Waals surface area (Å²) in [5, 5.41) is 9.03.